The Morgan fingerprint density at radius 2 is 2.10 bits per heavy atom. The number of hydrogen-bond acceptors (Lipinski definition) is 7. The second-order valence-electron chi connectivity index (χ2n) is 4.36. The van der Waals surface area contributed by atoms with E-state index in [0.29, 0.717) is 0 Å². The zero-order valence-corrected chi connectivity index (χ0v) is 10.9. The highest BCUT2D eigenvalue weighted by atomic mass is 16.5. The summed E-state index contributed by atoms with van der Waals surface area (Å²) < 4.78 is 5.05. The first-order chi connectivity index (χ1) is 9.42. The molecule has 2 N–H and O–H groups in total. The van der Waals surface area contributed by atoms with Crippen LogP contribution in [0.5, 0.6) is 0 Å². The van der Waals surface area contributed by atoms with E-state index >= 15 is 0 Å². The molecule has 3 atom stereocenters. The number of hydrogen-bond donors (Lipinski definition) is 2. The van der Waals surface area contributed by atoms with E-state index in [2.05, 4.69) is 0 Å². The second-order valence-corrected chi connectivity index (χ2v) is 4.36. The van der Waals surface area contributed by atoms with Crippen LogP contribution < -0.4 is 0 Å². The largest absolute Gasteiger partial charge is 0.390 e. The summed E-state index contributed by atoms with van der Waals surface area (Å²) in [6.45, 7) is 1.56. The number of carbonyl (C=O) groups excluding carboxylic acids is 4. The smallest absolute Gasteiger partial charge is 0.231 e. The van der Waals surface area contributed by atoms with Gasteiger partial charge in [0.15, 0.2) is 12.4 Å². The van der Waals surface area contributed by atoms with Gasteiger partial charge in [0.2, 0.25) is 17.3 Å². The van der Waals surface area contributed by atoms with Crippen molar-refractivity contribution in [1.29, 1.82) is 0 Å². The number of carbonyl (C=O) groups is 4. The fraction of sp³-hybridized carbons (Fsp3) is 0.538. The van der Waals surface area contributed by atoms with Crippen molar-refractivity contribution < 1.29 is 34.1 Å². The lowest BCUT2D eigenvalue weighted by atomic mass is 9.94. The lowest BCUT2D eigenvalue weighted by Gasteiger charge is -2.23. The van der Waals surface area contributed by atoms with Gasteiger partial charge in [-0.2, -0.15) is 0 Å². The molecule has 1 heterocycles. The lowest BCUT2D eigenvalue weighted by Crippen LogP contribution is -2.41. The summed E-state index contributed by atoms with van der Waals surface area (Å²) in [5, 5.41) is 19.1. The van der Waals surface area contributed by atoms with Crippen molar-refractivity contribution in [3.8, 4) is 0 Å². The molecule has 0 saturated carbocycles. The van der Waals surface area contributed by atoms with Gasteiger partial charge in [0.05, 0.1) is 18.8 Å². The molecule has 0 radical (unpaired) electrons. The molecule has 1 aliphatic heterocycles. The van der Waals surface area contributed by atoms with Crippen LogP contribution in [0.3, 0.4) is 0 Å². The Morgan fingerprint density at radius 1 is 1.45 bits per heavy atom. The molecule has 7 nitrogen and oxygen atoms in total. The number of rotatable bonds is 6. The molecule has 0 aromatic carbocycles. The molecular weight excluding hydrogens is 268 g/mol. The van der Waals surface area contributed by atoms with Crippen LogP contribution >= 0.6 is 0 Å². The maximum Gasteiger partial charge on any atom is 0.231 e. The SMILES string of the molecule is CCC(O)C(O)/C=C(\C(=O)C=O)C1OCCC(=O)C1=O. The molecule has 0 spiro atoms. The third-order valence-electron chi connectivity index (χ3n) is 2.96. The number of aliphatic hydroxyl groups excluding tert-OH is 2. The van der Waals surface area contributed by atoms with Gasteiger partial charge in [0, 0.05) is 12.0 Å². The van der Waals surface area contributed by atoms with E-state index in [4.69, 9.17) is 4.74 Å². The standard InChI is InChI=1S/C13H16O7/c1-2-8(15)10(17)5-7(11(18)6-14)13-12(19)9(16)3-4-20-13/h5-6,8,10,13,15,17H,2-4H2,1H3/b7-5+. The molecule has 0 amide bonds. The van der Waals surface area contributed by atoms with Crippen molar-refractivity contribution in [2.75, 3.05) is 6.61 Å². The molecule has 0 bridgehead atoms. The third-order valence-corrected chi connectivity index (χ3v) is 2.96. The van der Waals surface area contributed by atoms with Crippen molar-refractivity contribution in [2.24, 2.45) is 0 Å². The third kappa shape index (κ3) is 3.66. The van der Waals surface area contributed by atoms with Gasteiger partial charge >= 0.3 is 0 Å². The number of ether oxygens (including phenoxy) is 1. The summed E-state index contributed by atoms with van der Waals surface area (Å²) in [5.41, 5.74) is -0.418. The fourth-order valence-electron chi connectivity index (χ4n) is 1.75. The van der Waals surface area contributed by atoms with Crippen molar-refractivity contribution in [3.63, 3.8) is 0 Å². The zero-order chi connectivity index (χ0) is 15.3. The highest BCUT2D eigenvalue weighted by molar-refractivity contribution is 6.43. The number of Topliss-reactive ketones (excluding diaryl/α,β-unsaturated/α-hetero) is 3. The van der Waals surface area contributed by atoms with Crippen molar-refractivity contribution >= 4 is 23.6 Å². The van der Waals surface area contributed by atoms with Gasteiger partial charge in [-0.1, -0.05) is 6.92 Å². The summed E-state index contributed by atoms with van der Waals surface area (Å²) in [6.07, 6.45) is -3.10. The zero-order valence-electron chi connectivity index (χ0n) is 10.9. The Labute approximate surface area is 115 Å². The molecule has 7 heteroatoms. The molecule has 1 saturated heterocycles. The van der Waals surface area contributed by atoms with E-state index in [1.54, 1.807) is 6.92 Å². The molecule has 1 fully saturated rings. The Balaban J connectivity index is 3.09. The molecule has 1 aliphatic rings. The first kappa shape index (κ1) is 16.4. The first-order valence-corrected chi connectivity index (χ1v) is 6.18. The Morgan fingerprint density at radius 3 is 2.65 bits per heavy atom. The van der Waals surface area contributed by atoms with Crippen LogP contribution in [0.4, 0.5) is 0 Å². The Kier molecular flexibility index (Phi) is 5.87. The van der Waals surface area contributed by atoms with Crippen LogP contribution in [0.2, 0.25) is 0 Å². The van der Waals surface area contributed by atoms with Crippen LogP contribution in [0.15, 0.2) is 11.6 Å². The number of ketones is 3. The summed E-state index contributed by atoms with van der Waals surface area (Å²) in [6, 6.07) is 0. The van der Waals surface area contributed by atoms with Gasteiger partial charge in [-0.25, -0.2) is 0 Å². The van der Waals surface area contributed by atoms with Crippen LogP contribution in [0, 0.1) is 0 Å². The minimum atomic E-state index is -1.49. The molecule has 0 aromatic heterocycles. The summed E-state index contributed by atoms with van der Waals surface area (Å²) in [4.78, 5) is 45.2. The van der Waals surface area contributed by atoms with Crippen molar-refractivity contribution in [1.82, 2.24) is 0 Å². The minimum absolute atomic E-state index is 0.0351. The summed E-state index contributed by atoms with van der Waals surface area (Å²) >= 11 is 0. The van der Waals surface area contributed by atoms with Gasteiger partial charge in [0.1, 0.15) is 0 Å². The van der Waals surface area contributed by atoms with E-state index in [9.17, 15) is 29.4 Å². The summed E-state index contributed by atoms with van der Waals surface area (Å²) in [7, 11) is 0. The topological polar surface area (TPSA) is 118 Å². The average molecular weight is 284 g/mol. The molecule has 0 aliphatic carbocycles. The Hall–Kier alpha value is -1.70. The molecular formula is C13H16O7. The van der Waals surface area contributed by atoms with E-state index in [-0.39, 0.29) is 25.7 Å². The molecule has 0 aromatic rings. The highest BCUT2D eigenvalue weighted by Gasteiger charge is 2.36. The van der Waals surface area contributed by atoms with Crippen LogP contribution in [0.1, 0.15) is 19.8 Å². The van der Waals surface area contributed by atoms with E-state index in [0.717, 1.165) is 6.08 Å². The van der Waals surface area contributed by atoms with Gasteiger partial charge in [-0.3, -0.25) is 19.2 Å². The highest BCUT2D eigenvalue weighted by Crippen LogP contribution is 2.17. The first-order valence-electron chi connectivity index (χ1n) is 6.18. The average Bonchev–Trinajstić information content (AvgIpc) is 2.46. The van der Waals surface area contributed by atoms with E-state index < -0.39 is 41.2 Å². The quantitative estimate of drug-likeness (QED) is 0.355. The minimum Gasteiger partial charge on any atom is -0.390 e. The number of aldehydes is 1. The van der Waals surface area contributed by atoms with Crippen molar-refractivity contribution in [2.45, 2.75) is 38.1 Å². The molecule has 110 valence electrons. The van der Waals surface area contributed by atoms with Gasteiger partial charge in [-0.15, -0.1) is 0 Å². The summed E-state index contributed by atoms with van der Waals surface area (Å²) in [5.74, 6) is -2.70. The predicted molar refractivity (Wildman–Crippen MR) is 65.8 cm³/mol. The van der Waals surface area contributed by atoms with Crippen LogP contribution in [0.25, 0.3) is 0 Å². The fourth-order valence-corrected chi connectivity index (χ4v) is 1.75. The second kappa shape index (κ2) is 7.18. The number of aliphatic hydroxyl groups is 2. The van der Waals surface area contributed by atoms with E-state index in [1.807, 2.05) is 0 Å². The normalized spacial score (nSPS) is 23.4. The predicted octanol–water partition coefficient (Wildman–Crippen LogP) is -1.26. The molecule has 3 unspecified atom stereocenters. The van der Waals surface area contributed by atoms with Crippen LogP contribution in [-0.2, 0) is 23.9 Å². The molecule has 1 rings (SSSR count). The Bertz CT molecular complexity index is 452. The molecule has 20 heavy (non-hydrogen) atoms. The monoisotopic (exact) mass is 284 g/mol. The van der Waals surface area contributed by atoms with Crippen LogP contribution in [-0.4, -0.2) is 58.8 Å². The maximum atomic E-state index is 11.7. The van der Waals surface area contributed by atoms with E-state index in [1.165, 1.54) is 0 Å². The van der Waals surface area contributed by atoms with Gasteiger partial charge < -0.3 is 14.9 Å². The van der Waals surface area contributed by atoms with Crippen molar-refractivity contribution in [3.05, 3.63) is 11.6 Å². The maximum absolute atomic E-state index is 11.7. The van der Waals surface area contributed by atoms with Gasteiger partial charge in [-0.05, 0) is 12.5 Å². The van der Waals surface area contributed by atoms with Gasteiger partial charge in [0.25, 0.3) is 0 Å². The lowest BCUT2D eigenvalue weighted by molar-refractivity contribution is -0.148.